The molecule has 0 fully saturated rings. The van der Waals surface area contributed by atoms with Crippen LogP contribution in [0.5, 0.6) is 0 Å². The number of imidazole rings is 1. The Balaban J connectivity index is 2.02. The van der Waals surface area contributed by atoms with Crippen LogP contribution in [0.15, 0.2) is 42.7 Å². The molecule has 3 aromatic rings. The van der Waals surface area contributed by atoms with Gasteiger partial charge >= 0.3 is 5.97 Å². The maximum absolute atomic E-state index is 13.6. The van der Waals surface area contributed by atoms with Gasteiger partial charge in [-0.3, -0.25) is 4.79 Å². The number of aryl methyl sites for hydroxylation is 1. The highest BCUT2D eigenvalue weighted by Gasteiger charge is 2.17. The van der Waals surface area contributed by atoms with Gasteiger partial charge in [0.25, 0.3) is 5.91 Å². The Morgan fingerprint density at radius 1 is 1.22 bits per heavy atom. The van der Waals surface area contributed by atoms with Crippen molar-refractivity contribution in [2.75, 3.05) is 5.32 Å². The largest absolute Gasteiger partial charge is 0.478 e. The van der Waals surface area contributed by atoms with E-state index in [1.165, 1.54) is 30.6 Å². The summed E-state index contributed by atoms with van der Waals surface area (Å²) in [6, 6.07) is 8.42. The second-order valence-electron chi connectivity index (χ2n) is 4.99. The molecule has 3 rings (SSSR count). The molecular formula is C16H12FN3O3. The number of nitrogens with one attached hydrogen (secondary N) is 1. The minimum Gasteiger partial charge on any atom is -0.478 e. The Bertz CT molecular complexity index is 933. The number of rotatable bonds is 3. The summed E-state index contributed by atoms with van der Waals surface area (Å²) < 4.78 is 15.2. The topological polar surface area (TPSA) is 84.2 Å². The summed E-state index contributed by atoms with van der Waals surface area (Å²) in [6.07, 6.45) is 1.49. The molecule has 2 N–H and O–H groups in total. The van der Waals surface area contributed by atoms with Crippen LogP contribution in [-0.4, -0.2) is 26.5 Å². The normalized spacial score (nSPS) is 10.7. The highest BCUT2D eigenvalue weighted by Crippen LogP contribution is 2.23. The summed E-state index contributed by atoms with van der Waals surface area (Å²) in [4.78, 5) is 27.6. The van der Waals surface area contributed by atoms with Gasteiger partial charge in [0.2, 0.25) is 0 Å². The van der Waals surface area contributed by atoms with Crippen molar-refractivity contribution in [2.24, 2.45) is 7.05 Å². The number of benzene rings is 2. The van der Waals surface area contributed by atoms with E-state index in [9.17, 15) is 19.1 Å². The minimum absolute atomic E-state index is 0.00586. The summed E-state index contributed by atoms with van der Waals surface area (Å²) in [5.74, 6) is -2.45. The Morgan fingerprint density at radius 3 is 2.65 bits per heavy atom. The molecule has 0 aliphatic heterocycles. The van der Waals surface area contributed by atoms with E-state index in [1.54, 1.807) is 23.7 Å². The molecule has 0 aliphatic carbocycles. The van der Waals surface area contributed by atoms with Crippen molar-refractivity contribution < 1.29 is 19.1 Å². The molecule has 0 unspecified atom stereocenters. The Labute approximate surface area is 130 Å². The zero-order chi connectivity index (χ0) is 16.6. The fraction of sp³-hybridized carbons (Fsp3) is 0.0625. The second-order valence-corrected chi connectivity index (χ2v) is 4.99. The summed E-state index contributed by atoms with van der Waals surface area (Å²) in [6.45, 7) is 0. The van der Waals surface area contributed by atoms with Gasteiger partial charge in [0.05, 0.1) is 28.5 Å². The first-order valence-corrected chi connectivity index (χ1v) is 6.71. The van der Waals surface area contributed by atoms with Gasteiger partial charge in [0, 0.05) is 12.7 Å². The number of halogens is 1. The molecular weight excluding hydrogens is 301 g/mol. The van der Waals surface area contributed by atoms with Crippen molar-refractivity contribution in [1.29, 1.82) is 0 Å². The highest BCUT2D eigenvalue weighted by atomic mass is 19.1. The van der Waals surface area contributed by atoms with Crippen LogP contribution in [0, 0.1) is 5.82 Å². The van der Waals surface area contributed by atoms with Crippen molar-refractivity contribution in [3.05, 3.63) is 59.7 Å². The minimum atomic E-state index is -1.14. The van der Waals surface area contributed by atoms with Crippen molar-refractivity contribution in [1.82, 2.24) is 9.55 Å². The lowest BCUT2D eigenvalue weighted by Gasteiger charge is -2.08. The first kappa shape index (κ1) is 14.7. The third-order valence-electron chi connectivity index (χ3n) is 3.42. The molecule has 0 saturated carbocycles. The van der Waals surface area contributed by atoms with Crippen molar-refractivity contribution in [3.63, 3.8) is 0 Å². The third kappa shape index (κ3) is 2.64. The average Bonchev–Trinajstić information content (AvgIpc) is 2.88. The van der Waals surface area contributed by atoms with E-state index in [1.807, 2.05) is 0 Å². The van der Waals surface area contributed by atoms with E-state index in [-0.39, 0.29) is 16.8 Å². The predicted molar refractivity (Wildman–Crippen MR) is 82.0 cm³/mol. The van der Waals surface area contributed by atoms with Gasteiger partial charge in [-0.15, -0.1) is 0 Å². The number of hydrogen-bond donors (Lipinski definition) is 2. The predicted octanol–water partition coefficient (Wildman–Crippen LogP) is 2.66. The zero-order valence-corrected chi connectivity index (χ0v) is 12.1. The Kier molecular flexibility index (Phi) is 3.53. The number of aromatic nitrogens is 2. The van der Waals surface area contributed by atoms with Crippen LogP contribution < -0.4 is 5.32 Å². The lowest BCUT2D eigenvalue weighted by molar-refractivity contribution is 0.0698. The maximum atomic E-state index is 13.6. The van der Waals surface area contributed by atoms with Crippen molar-refractivity contribution in [3.8, 4) is 0 Å². The van der Waals surface area contributed by atoms with E-state index >= 15 is 0 Å². The lowest BCUT2D eigenvalue weighted by atomic mass is 10.1. The average molecular weight is 313 g/mol. The molecule has 0 aliphatic rings. The van der Waals surface area contributed by atoms with Gasteiger partial charge in [0.1, 0.15) is 5.82 Å². The number of carboxylic acids is 1. The maximum Gasteiger partial charge on any atom is 0.337 e. The first-order valence-electron chi connectivity index (χ1n) is 6.71. The van der Waals surface area contributed by atoms with Crippen LogP contribution in [0.4, 0.5) is 10.1 Å². The van der Waals surface area contributed by atoms with Gasteiger partial charge in [0.15, 0.2) is 0 Å². The molecule has 0 atom stereocenters. The fourth-order valence-electron chi connectivity index (χ4n) is 2.37. The van der Waals surface area contributed by atoms with E-state index in [4.69, 9.17) is 0 Å². The van der Waals surface area contributed by atoms with Crippen molar-refractivity contribution in [2.45, 2.75) is 0 Å². The number of aromatic carboxylic acids is 1. The van der Waals surface area contributed by atoms with E-state index in [0.29, 0.717) is 11.0 Å². The van der Waals surface area contributed by atoms with Gasteiger partial charge in [-0.2, -0.15) is 0 Å². The summed E-state index contributed by atoms with van der Waals surface area (Å²) in [5.41, 5.74) is 0.997. The third-order valence-corrected chi connectivity index (χ3v) is 3.42. The van der Waals surface area contributed by atoms with E-state index < -0.39 is 17.7 Å². The molecule has 1 amide bonds. The monoisotopic (exact) mass is 313 g/mol. The molecule has 0 radical (unpaired) electrons. The first-order chi connectivity index (χ1) is 11.0. The fourth-order valence-corrected chi connectivity index (χ4v) is 2.37. The van der Waals surface area contributed by atoms with Gasteiger partial charge < -0.3 is 15.0 Å². The van der Waals surface area contributed by atoms with Gasteiger partial charge in [-0.25, -0.2) is 14.2 Å². The molecule has 0 saturated heterocycles. The highest BCUT2D eigenvalue weighted by molar-refractivity contribution is 6.08. The summed E-state index contributed by atoms with van der Waals surface area (Å²) in [5, 5.41) is 11.8. The van der Waals surface area contributed by atoms with Crippen molar-refractivity contribution >= 4 is 28.6 Å². The van der Waals surface area contributed by atoms with Crippen LogP contribution in [0.3, 0.4) is 0 Å². The number of nitrogens with zero attached hydrogens (tertiary/aromatic N) is 2. The molecule has 7 heteroatoms. The molecule has 6 nitrogen and oxygen atoms in total. The summed E-state index contributed by atoms with van der Waals surface area (Å²) in [7, 11) is 1.68. The molecule has 0 spiro atoms. The molecule has 2 aromatic carbocycles. The number of anilines is 1. The molecule has 1 heterocycles. The smallest absolute Gasteiger partial charge is 0.337 e. The Morgan fingerprint density at radius 2 is 1.96 bits per heavy atom. The molecule has 1 aromatic heterocycles. The lowest BCUT2D eigenvalue weighted by Crippen LogP contribution is -2.14. The standard InChI is InChI=1S/C16H12FN3O3/c1-20-8-18-13-7-9(6-11(14(13)20)16(22)23)19-15(21)10-4-2-3-5-12(10)17/h2-8H,1H3,(H,19,21)(H,22,23). The van der Waals surface area contributed by atoms with Crippen LogP contribution >= 0.6 is 0 Å². The van der Waals surface area contributed by atoms with E-state index in [0.717, 1.165) is 0 Å². The Hall–Kier alpha value is -3.22. The molecule has 116 valence electrons. The number of carbonyl (C=O) groups is 2. The number of carboxylic acid groups (broad SMARTS) is 1. The second kappa shape index (κ2) is 5.53. The SMILES string of the molecule is Cn1cnc2cc(NC(=O)c3ccccc3F)cc(C(=O)O)c21. The number of amides is 1. The van der Waals surface area contributed by atoms with Crippen LogP contribution in [0.2, 0.25) is 0 Å². The van der Waals surface area contributed by atoms with Crippen LogP contribution in [-0.2, 0) is 7.05 Å². The van der Waals surface area contributed by atoms with E-state index in [2.05, 4.69) is 10.3 Å². The molecule has 23 heavy (non-hydrogen) atoms. The van der Waals surface area contributed by atoms with Crippen LogP contribution in [0.1, 0.15) is 20.7 Å². The number of carbonyl (C=O) groups excluding carboxylic acids is 1. The molecule has 0 bridgehead atoms. The zero-order valence-electron chi connectivity index (χ0n) is 12.1. The van der Waals surface area contributed by atoms with Gasteiger partial charge in [-0.1, -0.05) is 12.1 Å². The van der Waals surface area contributed by atoms with Crippen LogP contribution in [0.25, 0.3) is 11.0 Å². The summed E-state index contributed by atoms with van der Waals surface area (Å²) >= 11 is 0. The quantitative estimate of drug-likeness (QED) is 0.778. The number of hydrogen-bond acceptors (Lipinski definition) is 3. The number of fused-ring (bicyclic) bond motifs is 1. The van der Waals surface area contributed by atoms with Gasteiger partial charge in [-0.05, 0) is 24.3 Å².